The summed E-state index contributed by atoms with van der Waals surface area (Å²) in [4.78, 5) is 20.8. The monoisotopic (exact) mass is 255 g/mol. The van der Waals surface area contributed by atoms with Crippen LogP contribution < -0.4 is 5.56 Å². The van der Waals surface area contributed by atoms with E-state index in [9.17, 15) is 9.18 Å². The number of fused-ring (bicyclic) bond motifs is 1. The van der Waals surface area contributed by atoms with Crippen LogP contribution in [0.4, 0.5) is 4.39 Å². The fraction of sp³-hybridized carbons (Fsp3) is 0.0714. The Morgan fingerprint density at radius 2 is 1.89 bits per heavy atom. The van der Waals surface area contributed by atoms with E-state index in [1.54, 1.807) is 37.4 Å². The molecule has 3 aromatic rings. The second-order valence-corrected chi connectivity index (χ2v) is 4.15. The van der Waals surface area contributed by atoms with Crippen LogP contribution in [0.25, 0.3) is 16.7 Å². The zero-order chi connectivity index (χ0) is 13.4. The minimum Gasteiger partial charge on any atom is -0.268 e. The molecule has 0 unspecified atom stereocenters. The number of pyridine rings is 1. The number of hydrogen-bond donors (Lipinski definition) is 0. The van der Waals surface area contributed by atoms with Gasteiger partial charge >= 0.3 is 0 Å². The lowest BCUT2D eigenvalue weighted by atomic mass is 10.2. The van der Waals surface area contributed by atoms with Crippen LogP contribution >= 0.6 is 0 Å². The van der Waals surface area contributed by atoms with E-state index in [4.69, 9.17) is 0 Å². The summed E-state index contributed by atoms with van der Waals surface area (Å²) in [6.07, 6.45) is 1.59. The number of nitrogens with zero attached hydrogens (tertiary/aromatic N) is 3. The number of aryl methyl sites for hydroxylation is 1. The summed E-state index contributed by atoms with van der Waals surface area (Å²) in [5, 5.41) is 0.442. The van der Waals surface area contributed by atoms with Crippen molar-refractivity contribution in [3.05, 3.63) is 64.6 Å². The quantitative estimate of drug-likeness (QED) is 0.670. The van der Waals surface area contributed by atoms with Gasteiger partial charge in [0.05, 0.1) is 11.1 Å². The standard InChI is InChI=1S/C14H10FN3O/c1-9-17-13-12(3-2-8-16-13)14(19)18(9)11-6-4-10(15)5-7-11/h2-8H,1H3. The van der Waals surface area contributed by atoms with Gasteiger partial charge in [0.25, 0.3) is 5.56 Å². The lowest BCUT2D eigenvalue weighted by Gasteiger charge is -2.10. The van der Waals surface area contributed by atoms with E-state index in [0.717, 1.165) is 0 Å². The lowest BCUT2D eigenvalue weighted by Crippen LogP contribution is -2.22. The maximum atomic E-state index is 12.9. The molecule has 0 saturated carbocycles. The molecular formula is C14H10FN3O. The summed E-state index contributed by atoms with van der Waals surface area (Å²) >= 11 is 0. The van der Waals surface area contributed by atoms with E-state index >= 15 is 0 Å². The fourth-order valence-corrected chi connectivity index (χ4v) is 2.02. The third-order valence-electron chi connectivity index (χ3n) is 2.90. The van der Waals surface area contributed by atoms with Crippen molar-refractivity contribution in [2.75, 3.05) is 0 Å². The van der Waals surface area contributed by atoms with Gasteiger partial charge < -0.3 is 0 Å². The van der Waals surface area contributed by atoms with Gasteiger partial charge in [-0.05, 0) is 43.3 Å². The zero-order valence-corrected chi connectivity index (χ0v) is 10.2. The van der Waals surface area contributed by atoms with Crippen molar-refractivity contribution in [2.24, 2.45) is 0 Å². The number of aromatic nitrogens is 3. The van der Waals surface area contributed by atoms with E-state index in [1.165, 1.54) is 16.7 Å². The van der Waals surface area contributed by atoms with Crippen LogP contribution in [-0.2, 0) is 0 Å². The molecule has 94 valence electrons. The number of rotatable bonds is 1. The first-order valence-corrected chi connectivity index (χ1v) is 5.77. The third kappa shape index (κ3) is 1.89. The van der Waals surface area contributed by atoms with Crippen LogP contribution in [0, 0.1) is 12.7 Å². The summed E-state index contributed by atoms with van der Waals surface area (Å²) in [7, 11) is 0. The Hall–Kier alpha value is -2.56. The molecule has 1 aromatic carbocycles. The van der Waals surface area contributed by atoms with E-state index in [0.29, 0.717) is 22.5 Å². The van der Waals surface area contributed by atoms with Gasteiger partial charge in [-0.1, -0.05) is 0 Å². The molecule has 0 atom stereocenters. The molecule has 0 amide bonds. The van der Waals surface area contributed by atoms with Crippen molar-refractivity contribution in [3.63, 3.8) is 0 Å². The Balaban J connectivity index is 2.35. The van der Waals surface area contributed by atoms with Gasteiger partial charge in [0, 0.05) is 6.20 Å². The molecular weight excluding hydrogens is 245 g/mol. The van der Waals surface area contributed by atoms with Crippen LogP contribution in [0.2, 0.25) is 0 Å². The first-order chi connectivity index (χ1) is 9.16. The minimum atomic E-state index is -0.343. The van der Waals surface area contributed by atoms with Crippen LogP contribution in [0.3, 0.4) is 0 Å². The van der Waals surface area contributed by atoms with Crippen molar-refractivity contribution in [2.45, 2.75) is 6.92 Å². The molecule has 0 radical (unpaired) electrons. The van der Waals surface area contributed by atoms with Crippen LogP contribution in [0.5, 0.6) is 0 Å². The number of benzene rings is 1. The third-order valence-corrected chi connectivity index (χ3v) is 2.90. The Labute approximate surface area is 108 Å². The molecule has 0 aliphatic rings. The highest BCUT2D eigenvalue weighted by molar-refractivity contribution is 5.73. The smallest absolute Gasteiger partial charge is 0.267 e. The zero-order valence-electron chi connectivity index (χ0n) is 10.2. The fourth-order valence-electron chi connectivity index (χ4n) is 2.02. The molecule has 0 fully saturated rings. The molecule has 0 spiro atoms. The maximum absolute atomic E-state index is 12.9. The topological polar surface area (TPSA) is 47.8 Å². The van der Waals surface area contributed by atoms with E-state index < -0.39 is 0 Å². The SMILES string of the molecule is Cc1nc2ncccc2c(=O)n1-c1ccc(F)cc1. The average molecular weight is 255 g/mol. The molecule has 19 heavy (non-hydrogen) atoms. The molecule has 5 heteroatoms. The highest BCUT2D eigenvalue weighted by atomic mass is 19.1. The first kappa shape index (κ1) is 11.5. The van der Waals surface area contributed by atoms with Gasteiger partial charge in [-0.3, -0.25) is 9.36 Å². The molecule has 4 nitrogen and oxygen atoms in total. The molecule has 0 N–H and O–H groups in total. The predicted molar refractivity (Wildman–Crippen MR) is 69.8 cm³/mol. The van der Waals surface area contributed by atoms with Crippen molar-refractivity contribution in [1.82, 2.24) is 14.5 Å². The number of hydrogen-bond acceptors (Lipinski definition) is 3. The molecule has 0 saturated heterocycles. The summed E-state index contributed by atoms with van der Waals surface area (Å²) < 4.78 is 14.4. The van der Waals surface area contributed by atoms with Gasteiger partial charge in [0.2, 0.25) is 0 Å². The van der Waals surface area contributed by atoms with Crippen molar-refractivity contribution in [3.8, 4) is 5.69 Å². The molecule has 0 bridgehead atoms. The van der Waals surface area contributed by atoms with E-state index in [2.05, 4.69) is 9.97 Å². The molecule has 3 rings (SSSR count). The van der Waals surface area contributed by atoms with E-state index in [-0.39, 0.29) is 11.4 Å². The van der Waals surface area contributed by atoms with Crippen molar-refractivity contribution >= 4 is 11.0 Å². The van der Waals surface area contributed by atoms with Crippen LogP contribution in [0.1, 0.15) is 5.82 Å². The molecule has 0 aliphatic heterocycles. The summed E-state index contributed by atoms with van der Waals surface area (Å²) in [6.45, 7) is 1.72. The molecule has 2 aromatic heterocycles. The first-order valence-electron chi connectivity index (χ1n) is 5.77. The maximum Gasteiger partial charge on any atom is 0.267 e. The Bertz CT molecular complexity index is 809. The number of halogens is 1. The minimum absolute atomic E-state index is 0.206. The normalized spacial score (nSPS) is 10.8. The highest BCUT2D eigenvalue weighted by Crippen LogP contribution is 2.11. The van der Waals surface area contributed by atoms with Gasteiger partial charge in [-0.25, -0.2) is 14.4 Å². The average Bonchev–Trinajstić information content (AvgIpc) is 2.41. The Kier molecular flexibility index (Phi) is 2.59. The summed E-state index contributed by atoms with van der Waals surface area (Å²) in [6, 6.07) is 9.09. The lowest BCUT2D eigenvalue weighted by molar-refractivity contribution is 0.627. The van der Waals surface area contributed by atoms with E-state index in [1.807, 2.05) is 0 Å². The second-order valence-electron chi connectivity index (χ2n) is 4.15. The summed E-state index contributed by atoms with van der Waals surface area (Å²) in [5.74, 6) is 0.174. The van der Waals surface area contributed by atoms with Crippen molar-refractivity contribution < 1.29 is 4.39 Å². The predicted octanol–water partition coefficient (Wildman–Crippen LogP) is 2.23. The largest absolute Gasteiger partial charge is 0.268 e. The molecule has 2 heterocycles. The summed E-state index contributed by atoms with van der Waals surface area (Å²) in [5.41, 5.74) is 0.799. The van der Waals surface area contributed by atoms with Crippen LogP contribution in [-0.4, -0.2) is 14.5 Å². The van der Waals surface area contributed by atoms with Gasteiger partial charge in [-0.15, -0.1) is 0 Å². The van der Waals surface area contributed by atoms with Gasteiger partial charge in [0.15, 0.2) is 5.65 Å². The van der Waals surface area contributed by atoms with Crippen LogP contribution in [0.15, 0.2) is 47.4 Å². The van der Waals surface area contributed by atoms with Gasteiger partial charge in [-0.2, -0.15) is 0 Å². The Morgan fingerprint density at radius 3 is 2.63 bits per heavy atom. The van der Waals surface area contributed by atoms with Crippen molar-refractivity contribution in [1.29, 1.82) is 0 Å². The second kappa shape index (κ2) is 4.28. The highest BCUT2D eigenvalue weighted by Gasteiger charge is 2.09. The Morgan fingerprint density at radius 1 is 1.16 bits per heavy atom. The van der Waals surface area contributed by atoms with Gasteiger partial charge in [0.1, 0.15) is 11.6 Å². The molecule has 0 aliphatic carbocycles.